The molecule has 0 fully saturated rings. The first kappa shape index (κ1) is 14.8. The van der Waals surface area contributed by atoms with Crippen LogP contribution in [0.5, 0.6) is 0 Å². The Bertz CT molecular complexity index is 351. The van der Waals surface area contributed by atoms with Gasteiger partial charge in [-0.1, -0.05) is 6.92 Å². The van der Waals surface area contributed by atoms with Crippen LogP contribution in [-0.2, 0) is 19.6 Å². The molecule has 0 aliphatic carbocycles. The van der Waals surface area contributed by atoms with Gasteiger partial charge in [0, 0.05) is 13.0 Å². The standard InChI is InChI=1S/C8H16N2O5S/c1-2-10(6-7(9)11)16(14,15)5-3-4-8(12)13/h2-6H2,1H3,(H2,9,11)(H,12,13). The van der Waals surface area contributed by atoms with E-state index in [2.05, 4.69) is 0 Å². The third kappa shape index (κ3) is 5.66. The molecular weight excluding hydrogens is 236 g/mol. The van der Waals surface area contributed by atoms with E-state index < -0.39 is 21.9 Å². The normalized spacial score (nSPS) is 11.6. The van der Waals surface area contributed by atoms with Gasteiger partial charge in [-0.15, -0.1) is 0 Å². The van der Waals surface area contributed by atoms with Crippen molar-refractivity contribution in [1.82, 2.24) is 4.31 Å². The number of nitrogens with two attached hydrogens (primary N) is 1. The van der Waals surface area contributed by atoms with Crippen molar-refractivity contribution in [1.29, 1.82) is 0 Å². The molecule has 0 saturated heterocycles. The largest absolute Gasteiger partial charge is 0.481 e. The number of rotatable bonds is 8. The molecule has 3 N–H and O–H groups in total. The van der Waals surface area contributed by atoms with Crippen molar-refractivity contribution in [3.8, 4) is 0 Å². The SMILES string of the molecule is CCN(CC(N)=O)S(=O)(=O)CCCC(=O)O. The number of nitrogens with zero attached hydrogens (tertiary/aromatic N) is 1. The minimum Gasteiger partial charge on any atom is -0.481 e. The van der Waals surface area contributed by atoms with Gasteiger partial charge >= 0.3 is 5.97 Å². The maximum atomic E-state index is 11.6. The van der Waals surface area contributed by atoms with Crippen LogP contribution in [0, 0.1) is 0 Å². The van der Waals surface area contributed by atoms with Crippen LogP contribution < -0.4 is 5.73 Å². The third-order valence-electron chi connectivity index (χ3n) is 1.87. The number of amides is 1. The summed E-state index contributed by atoms with van der Waals surface area (Å²) in [6.45, 7) is 1.35. The second kappa shape index (κ2) is 6.44. The molecule has 0 aliphatic heterocycles. The monoisotopic (exact) mass is 252 g/mol. The molecule has 0 unspecified atom stereocenters. The van der Waals surface area contributed by atoms with Crippen molar-refractivity contribution in [3.63, 3.8) is 0 Å². The van der Waals surface area contributed by atoms with Crippen molar-refractivity contribution >= 4 is 21.9 Å². The Hall–Kier alpha value is -1.15. The Kier molecular flexibility index (Phi) is 5.97. The predicted molar refractivity (Wildman–Crippen MR) is 57.1 cm³/mol. The number of sulfonamides is 1. The molecular formula is C8H16N2O5S. The molecule has 0 aliphatic rings. The Morgan fingerprint density at radius 2 is 1.94 bits per heavy atom. The fourth-order valence-electron chi connectivity index (χ4n) is 1.12. The summed E-state index contributed by atoms with van der Waals surface area (Å²) in [4.78, 5) is 20.8. The van der Waals surface area contributed by atoms with Crippen LogP contribution in [0.4, 0.5) is 0 Å². The average molecular weight is 252 g/mol. The van der Waals surface area contributed by atoms with E-state index in [9.17, 15) is 18.0 Å². The Morgan fingerprint density at radius 3 is 2.31 bits per heavy atom. The highest BCUT2D eigenvalue weighted by Crippen LogP contribution is 2.04. The topological polar surface area (TPSA) is 118 Å². The summed E-state index contributed by atoms with van der Waals surface area (Å²) >= 11 is 0. The van der Waals surface area contributed by atoms with E-state index in [1.165, 1.54) is 0 Å². The van der Waals surface area contributed by atoms with E-state index >= 15 is 0 Å². The molecule has 0 rings (SSSR count). The molecule has 0 radical (unpaired) electrons. The van der Waals surface area contributed by atoms with Crippen LogP contribution in [0.2, 0.25) is 0 Å². The number of aliphatic carboxylic acids is 1. The molecule has 16 heavy (non-hydrogen) atoms. The summed E-state index contributed by atoms with van der Waals surface area (Å²) < 4.78 is 24.1. The number of carbonyl (C=O) groups is 2. The third-order valence-corrected chi connectivity index (χ3v) is 3.85. The maximum absolute atomic E-state index is 11.6. The van der Waals surface area contributed by atoms with Crippen LogP contribution >= 0.6 is 0 Å². The van der Waals surface area contributed by atoms with Crippen molar-refractivity contribution < 1.29 is 23.1 Å². The zero-order valence-electron chi connectivity index (χ0n) is 9.05. The molecule has 0 saturated carbocycles. The Balaban J connectivity index is 4.38. The molecule has 0 aromatic carbocycles. The van der Waals surface area contributed by atoms with Gasteiger partial charge in [0.1, 0.15) is 0 Å². The van der Waals surface area contributed by atoms with Crippen LogP contribution in [0.15, 0.2) is 0 Å². The van der Waals surface area contributed by atoms with Gasteiger partial charge in [-0.3, -0.25) is 9.59 Å². The average Bonchev–Trinajstić information content (AvgIpc) is 2.12. The lowest BCUT2D eigenvalue weighted by Gasteiger charge is -2.18. The van der Waals surface area contributed by atoms with E-state index in [0.717, 1.165) is 4.31 Å². The highest BCUT2D eigenvalue weighted by atomic mass is 32.2. The van der Waals surface area contributed by atoms with E-state index in [-0.39, 0.29) is 31.7 Å². The highest BCUT2D eigenvalue weighted by molar-refractivity contribution is 7.89. The van der Waals surface area contributed by atoms with Gasteiger partial charge in [0.2, 0.25) is 15.9 Å². The number of carboxylic acids is 1. The Labute approximate surface area is 94.3 Å². The van der Waals surface area contributed by atoms with Gasteiger partial charge < -0.3 is 10.8 Å². The second-order valence-corrected chi connectivity index (χ2v) is 5.29. The lowest BCUT2D eigenvalue weighted by atomic mass is 10.3. The minimum atomic E-state index is -3.59. The first-order valence-corrected chi connectivity index (χ1v) is 6.38. The summed E-state index contributed by atoms with van der Waals surface area (Å²) in [5.74, 6) is -2.07. The fourth-order valence-corrected chi connectivity index (χ4v) is 2.60. The molecule has 8 heteroatoms. The van der Waals surface area contributed by atoms with Crippen LogP contribution in [-0.4, -0.2) is 48.5 Å². The van der Waals surface area contributed by atoms with E-state index in [1.807, 2.05) is 0 Å². The zero-order chi connectivity index (χ0) is 12.8. The quantitative estimate of drug-likeness (QED) is 0.573. The van der Waals surface area contributed by atoms with Crippen LogP contribution in [0.25, 0.3) is 0 Å². The van der Waals surface area contributed by atoms with Crippen LogP contribution in [0.3, 0.4) is 0 Å². The van der Waals surface area contributed by atoms with E-state index in [1.54, 1.807) is 6.92 Å². The number of carboxylic acid groups (broad SMARTS) is 1. The minimum absolute atomic E-state index is 0.0208. The molecule has 0 aromatic rings. The summed E-state index contributed by atoms with van der Waals surface area (Å²) in [5, 5.41) is 8.37. The predicted octanol–water partition coefficient (Wildman–Crippen LogP) is -1.01. The van der Waals surface area contributed by atoms with Gasteiger partial charge in [0.05, 0.1) is 12.3 Å². The first-order chi connectivity index (χ1) is 7.29. The zero-order valence-corrected chi connectivity index (χ0v) is 9.87. The maximum Gasteiger partial charge on any atom is 0.303 e. The summed E-state index contributed by atoms with van der Waals surface area (Å²) in [6, 6.07) is 0. The van der Waals surface area contributed by atoms with Gasteiger partial charge in [-0.2, -0.15) is 4.31 Å². The van der Waals surface area contributed by atoms with Gasteiger partial charge in [-0.05, 0) is 6.42 Å². The number of carbonyl (C=O) groups excluding carboxylic acids is 1. The van der Waals surface area contributed by atoms with Crippen molar-refractivity contribution in [2.75, 3.05) is 18.8 Å². The Morgan fingerprint density at radius 1 is 1.38 bits per heavy atom. The van der Waals surface area contributed by atoms with Crippen LogP contribution in [0.1, 0.15) is 19.8 Å². The molecule has 7 nitrogen and oxygen atoms in total. The molecule has 94 valence electrons. The van der Waals surface area contributed by atoms with Crippen molar-refractivity contribution in [3.05, 3.63) is 0 Å². The summed E-state index contributed by atoms with van der Waals surface area (Å²) in [7, 11) is -3.59. The smallest absolute Gasteiger partial charge is 0.303 e. The van der Waals surface area contributed by atoms with Gasteiger partial charge in [-0.25, -0.2) is 8.42 Å². The molecule has 0 atom stereocenters. The number of primary amides is 1. The summed E-state index contributed by atoms with van der Waals surface area (Å²) in [6.07, 6.45) is -0.194. The lowest BCUT2D eigenvalue weighted by molar-refractivity contribution is -0.137. The van der Waals surface area contributed by atoms with E-state index in [0.29, 0.717) is 0 Å². The first-order valence-electron chi connectivity index (χ1n) is 4.77. The number of hydrogen-bond acceptors (Lipinski definition) is 4. The van der Waals surface area contributed by atoms with Crippen molar-refractivity contribution in [2.24, 2.45) is 5.73 Å². The number of hydrogen-bond donors (Lipinski definition) is 2. The number of likely N-dealkylation sites (N-methyl/N-ethyl adjacent to an activating group) is 1. The lowest BCUT2D eigenvalue weighted by Crippen LogP contribution is -2.39. The second-order valence-electron chi connectivity index (χ2n) is 3.21. The van der Waals surface area contributed by atoms with Gasteiger partial charge in [0.15, 0.2) is 0 Å². The molecule has 0 bridgehead atoms. The molecule has 0 spiro atoms. The van der Waals surface area contributed by atoms with E-state index in [4.69, 9.17) is 10.8 Å². The highest BCUT2D eigenvalue weighted by Gasteiger charge is 2.21. The van der Waals surface area contributed by atoms with Crippen molar-refractivity contribution in [2.45, 2.75) is 19.8 Å². The molecule has 0 heterocycles. The summed E-state index contributed by atoms with van der Waals surface area (Å²) in [5.41, 5.74) is 4.90. The fraction of sp³-hybridized carbons (Fsp3) is 0.750. The molecule has 0 aromatic heterocycles. The van der Waals surface area contributed by atoms with Gasteiger partial charge in [0.25, 0.3) is 0 Å². The molecule has 1 amide bonds.